The zero-order valence-corrected chi connectivity index (χ0v) is 10.6. The summed E-state index contributed by atoms with van der Waals surface area (Å²) in [6.07, 6.45) is 2.20. The minimum Gasteiger partial charge on any atom is -0.480 e. The van der Waals surface area contributed by atoms with E-state index in [0.717, 1.165) is 12.2 Å². The molecule has 0 aliphatic carbocycles. The van der Waals surface area contributed by atoms with E-state index < -0.39 is 24.1 Å². The summed E-state index contributed by atoms with van der Waals surface area (Å²) < 4.78 is 0. The van der Waals surface area contributed by atoms with Crippen LogP contribution in [0.5, 0.6) is 0 Å². The van der Waals surface area contributed by atoms with Gasteiger partial charge in [-0.05, 0) is 18.4 Å². The molecule has 0 aromatic rings. The molecule has 0 bridgehead atoms. The number of carbonyl (C=O) groups excluding carboxylic acids is 1. The summed E-state index contributed by atoms with van der Waals surface area (Å²) in [5.74, 6) is -0.119. The van der Waals surface area contributed by atoms with Gasteiger partial charge in [0.05, 0.1) is 6.10 Å². The van der Waals surface area contributed by atoms with Gasteiger partial charge in [-0.3, -0.25) is 0 Å². The summed E-state index contributed by atoms with van der Waals surface area (Å²) in [6.45, 7) is 0.615. The number of urea groups is 1. The molecule has 1 aliphatic rings. The Hall–Kier alpha value is -0.950. The Balaban J connectivity index is 2.41. The van der Waals surface area contributed by atoms with E-state index in [0.29, 0.717) is 6.54 Å². The predicted molar refractivity (Wildman–Crippen MR) is 65.2 cm³/mol. The van der Waals surface area contributed by atoms with Gasteiger partial charge < -0.3 is 20.4 Å². The van der Waals surface area contributed by atoms with E-state index in [1.807, 2.05) is 6.26 Å². The molecule has 3 N–H and O–H groups in total. The number of nitrogens with zero attached hydrogens (tertiary/aromatic N) is 1. The van der Waals surface area contributed by atoms with E-state index in [9.17, 15) is 14.7 Å². The van der Waals surface area contributed by atoms with Gasteiger partial charge in [0.1, 0.15) is 6.04 Å². The molecular formula is C10H18N2O4S. The van der Waals surface area contributed by atoms with E-state index in [-0.39, 0.29) is 13.0 Å². The lowest BCUT2D eigenvalue weighted by Gasteiger charge is -2.21. The molecule has 0 spiro atoms. The zero-order valence-electron chi connectivity index (χ0n) is 9.76. The minimum atomic E-state index is -1.07. The fourth-order valence-corrected chi connectivity index (χ4v) is 2.22. The maximum Gasteiger partial charge on any atom is 0.326 e. The summed E-state index contributed by atoms with van der Waals surface area (Å²) in [6, 6.07) is -1.32. The number of carbonyl (C=O) groups is 2. The molecule has 1 rings (SSSR count). The van der Waals surface area contributed by atoms with Crippen LogP contribution in [0.25, 0.3) is 0 Å². The number of β-amino-alcohol motifs (C(OH)–C–C–N with tert-alkyl or cyclic N) is 1. The number of hydrogen-bond acceptors (Lipinski definition) is 4. The third-order valence-electron chi connectivity index (χ3n) is 2.63. The Bertz CT molecular complexity index is 287. The van der Waals surface area contributed by atoms with Crippen LogP contribution in [0, 0.1) is 0 Å². The topological polar surface area (TPSA) is 89.9 Å². The smallest absolute Gasteiger partial charge is 0.326 e. The molecule has 98 valence electrons. The molecule has 0 aromatic carbocycles. The Labute approximate surface area is 104 Å². The van der Waals surface area contributed by atoms with Crippen molar-refractivity contribution in [2.24, 2.45) is 0 Å². The lowest BCUT2D eigenvalue weighted by Crippen LogP contribution is -2.46. The molecule has 2 atom stereocenters. The van der Waals surface area contributed by atoms with E-state index in [1.54, 1.807) is 11.8 Å². The molecule has 1 aliphatic heterocycles. The second-order valence-electron chi connectivity index (χ2n) is 3.97. The fraction of sp³-hybridized carbons (Fsp3) is 0.800. The van der Waals surface area contributed by atoms with Gasteiger partial charge in [0, 0.05) is 19.5 Å². The Morgan fingerprint density at radius 2 is 2.24 bits per heavy atom. The van der Waals surface area contributed by atoms with Crippen molar-refractivity contribution in [3.63, 3.8) is 0 Å². The number of likely N-dealkylation sites (tertiary alicyclic amines) is 1. The van der Waals surface area contributed by atoms with Gasteiger partial charge in [0.25, 0.3) is 0 Å². The quantitative estimate of drug-likeness (QED) is 0.605. The van der Waals surface area contributed by atoms with Crippen molar-refractivity contribution in [1.29, 1.82) is 0 Å². The first-order valence-electron chi connectivity index (χ1n) is 5.50. The number of carboxylic acid groups (broad SMARTS) is 1. The van der Waals surface area contributed by atoms with Crippen LogP contribution in [-0.4, -0.2) is 64.4 Å². The van der Waals surface area contributed by atoms with E-state index in [1.165, 1.54) is 4.90 Å². The van der Waals surface area contributed by atoms with Crippen molar-refractivity contribution in [1.82, 2.24) is 10.2 Å². The number of amides is 2. The van der Waals surface area contributed by atoms with Crippen molar-refractivity contribution in [3.8, 4) is 0 Å². The summed E-state index contributed by atoms with van der Waals surface area (Å²) in [5, 5.41) is 21.0. The van der Waals surface area contributed by atoms with Crippen LogP contribution in [0.4, 0.5) is 4.79 Å². The molecule has 7 heteroatoms. The number of hydrogen-bond donors (Lipinski definition) is 3. The van der Waals surface area contributed by atoms with Gasteiger partial charge in [-0.1, -0.05) is 0 Å². The number of aliphatic carboxylic acids is 1. The number of rotatable bonds is 5. The van der Waals surface area contributed by atoms with E-state index >= 15 is 0 Å². The number of aliphatic hydroxyl groups is 1. The molecule has 0 saturated carbocycles. The van der Waals surface area contributed by atoms with Crippen molar-refractivity contribution < 1.29 is 19.8 Å². The Morgan fingerprint density at radius 1 is 1.53 bits per heavy atom. The van der Waals surface area contributed by atoms with Crippen molar-refractivity contribution in [2.45, 2.75) is 25.0 Å². The third-order valence-corrected chi connectivity index (χ3v) is 3.32. The number of nitrogens with one attached hydrogen (secondary N) is 1. The standard InChI is InChI=1S/C10H18N2O4S/c1-17-4-2-3-11-10(16)12-6-7(13)5-8(12)9(14)15/h7-8,13H,2-6H2,1H3,(H,11,16)(H,14,15)/t7-,8+/m1/s1. The molecule has 1 heterocycles. The Morgan fingerprint density at radius 3 is 2.82 bits per heavy atom. The highest BCUT2D eigenvalue weighted by atomic mass is 32.2. The van der Waals surface area contributed by atoms with Crippen LogP contribution in [0.1, 0.15) is 12.8 Å². The van der Waals surface area contributed by atoms with Crippen molar-refractivity contribution in [3.05, 3.63) is 0 Å². The minimum absolute atomic E-state index is 0.0886. The SMILES string of the molecule is CSCCCNC(=O)N1C[C@H](O)C[C@H]1C(=O)O. The van der Waals surface area contributed by atoms with Crippen LogP contribution < -0.4 is 5.32 Å². The number of thioether (sulfide) groups is 1. The van der Waals surface area contributed by atoms with Gasteiger partial charge in [0.2, 0.25) is 0 Å². The second kappa shape index (κ2) is 6.70. The molecule has 6 nitrogen and oxygen atoms in total. The lowest BCUT2D eigenvalue weighted by molar-refractivity contribution is -0.141. The first-order valence-corrected chi connectivity index (χ1v) is 6.90. The average Bonchev–Trinajstić information content (AvgIpc) is 2.66. The maximum atomic E-state index is 11.7. The van der Waals surface area contributed by atoms with Gasteiger partial charge in [-0.2, -0.15) is 11.8 Å². The summed E-state index contributed by atoms with van der Waals surface area (Å²) in [7, 11) is 0. The van der Waals surface area contributed by atoms with Gasteiger partial charge >= 0.3 is 12.0 Å². The highest BCUT2D eigenvalue weighted by molar-refractivity contribution is 7.98. The van der Waals surface area contributed by atoms with E-state index in [4.69, 9.17) is 5.11 Å². The lowest BCUT2D eigenvalue weighted by atomic mass is 10.2. The molecular weight excluding hydrogens is 244 g/mol. The molecule has 17 heavy (non-hydrogen) atoms. The average molecular weight is 262 g/mol. The van der Waals surface area contributed by atoms with Crippen molar-refractivity contribution in [2.75, 3.05) is 25.1 Å². The number of aliphatic hydroxyl groups excluding tert-OH is 1. The van der Waals surface area contributed by atoms with Crippen LogP contribution in [0.15, 0.2) is 0 Å². The number of carboxylic acids is 1. The first kappa shape index (κ1) is 14.1. The summed E-state index contributed by atoms with van der Waals surface area (Å²) in [4.78, 5) is 23.8. The molecule has 0 aromatic heterocycles. The molecule has 0 unspecified atom stereocenters. The highest BCUT2D eigenvalue weighted by Gasteiger charge is 2.38. The van der Waals surface area contributed by atoms with Crippen LogP contribution >= 0.6 is 11.8 Å². The predicted octanol–water partition coefficient (Wildman–Crippen LogP) is -0.0311. The largest absolute Gasteiger partial charge is 0.480 e. The second-order valence-corrected chi connectivity index (χ2v) is 4.96. The zero-order chi connectivity index (χ0) is 12.8. The molecule has 1 fully saturated rings. The maximum absolute atomic E-state index is 11.7. The van der Waals surface area contributed by atoms with Gasteiger partial charge in [-0.15, -0.1) is 0 Å². The Kier molecular flexibility index (Phi) is 5.57. The monoisotopic (exact) mass is 262 g/mol. The molecule has 1 saturated heterocycles. The van der Waals surface area contributed by atoms with Crippen molar-refractivity contribution >= 4 is 23.8 Å². The van der Waals surface area contributed by atoms with Crippen LogP contribution in [0.3, 0.4) is 0 Å². The van der Waals surface area contributed by atoms with E-state index in [2.05, 4.69) is 5.32 Å². The first-order chi connectivity index (χ1) is 8.06. The highest BCUT2D eigenvalue weighted by Crippen LogP contribution is 2.17. The summed E-state index contributed by atoms with van der Waals surface area (Å²) >= 11 is 1.69. The van der Waals surface area contributed by atoms with Gasteiger partial charge in [0.15, 0.2) is 0 Å². The van der Waals surface area contributed by atoms with Gasteiger partial charge in [-0.25, -0.2) is 9.59 Å². The fourth-order valence-electron chi connectivity index (χ4n) is 1.79. The summed E-state index contributed by atoms with van der Waals surface area (Å²) in [5.41, 5.74) is 0. The normalized spacial score (nSPS) is 23.8. The van der Waals surface area contributed by atoms with Crippen LogP contribution in [-0.2, 0) is 4.79 Å². The molecule has 2 amide bonds. The molecule has 0 radical (unpaired) electrons. The third kappa shape index (κ3) is 4.08. The van der Waals surface area contributed by atoms with Crippen LogP contribution in [0.2, 0.25) is 0 Å².